The van der Waals surface area contributed by atoms with Crippen molar-refractivity contribution in [2.45, 2.75) is 32.4 Å². The Kier molecular flexibility index (Phi) is 4.05. The van der Waals surface area contributed by atoms with Crippen molar-refractivity contribution in [2.75, 3.05) is 6.54 Å². The Bertz CT molecular complexity index is 397. The van der Waals surface area contributed by atoms with Crippen LogP contribution in [0.25, 0.3) is 0 Å². The smallest absolute Gasteiger partial charge is 0.134 e. The van der Waals surface area contributed by atoms with Crippen LogP contribution in [-0.2, 0) is 0 Å². The molecule has 2 unspecified atom stereocenters. The summed E-state index contributed by atoms with van der Waals surface area (Å²) in [6, 6.07) is 5.03. The molecule has 2 atom stereocenters. The summed E-state index contributed by atoms with van der Waals surface area (Å²) < 4.78 is 19.5. The normalized spacial score (nSPS) is 24.3. The molecule has 0 saturated carbocycles. The molecule has 1 N–H and O–H groups in total. The number of rotatable bonds is 3. The minimum atomic E-state index is -0.256. The lowest BCUT2D eigenvalue weighted by atomic mass is 10.0. The average molecular weight is 302 g/mol. The van der Waals surface area contributed by atoms with Gasteiger partial charge in [0.2, 0.25) is 0 Å². The molecule has 0 bridgehead atoms. The van der Waals surface area contributed by atoms with Crippen LogP contribution in [-0.4, -0.2) is 18.7 Å². The van der Waals surface area contributed by atoms with Crippen molar-refractivity contribution < 1.29 is 9.13 Å². The van der Waals surface area contributed by atoms with E-state index in [0.29, 0.717) is 22.2 Å². The van der Waals surface area contributed by atoms with Crippen LogP contribution in [0.1, 0.15) is 20.3 Å². The highest BCUT2D eigenvalue weighted by molar-refractivity contribution is 9.10. The lowest BCUT2D eigenvalue weighted by Crippen LogP contribution is -2.26. The maximum absolute atomic E-state index is 12.9. The van der Waals surface area contributed by atoms with Crippen LogP contribution in [0.2, 0.25) is 0 Å². The summed E-state index contributed by atoms with van der Waals surface area (Å²) in [5.41, 5.74) is 0. The highest BCUT2D eigenvalue weighted by atomic mass is 79.9. The number of hydrogen-bond donors (Lipinski definition) is 1. The fourth-order valence-electron chi connectivity index (χ4n) is 2.08. The summed E-state index contributed by atoms with van der Waals surface area (Å²) in [4.78, 5) is 0. The van der Waals surface area contributed by atoms with Crippen molar-refractivity contribution in [1.29, 1.82) is 0 Å². The van der Waals surface area contributed by atoms with Gasteiger partial charge in [-0.3, -0.25) is 0 Å². The maximum atomic E-state index is 12.9. The number of hydrogen-bond acceptors (Lipinski definition) is 2. The molecule has 2 rings (SSSR count). The minimum Gasteiger partial charge on any atom is -0.488 e. The monoisotopic (exact) mass is 301 g/mol. The Morgan fingerprint density at radius 3 is 2.82 bits per heavy atom. The largest absolute Gasteiger partial charge is 0.488 e. The molecule has 17 heavy (non-hydrogen) atoms. The standard InChI is InChI=1S/C13H17BrFNO/c1-8(2)12-6-10(7-16-12)17-13-4-3-9(15)5-11(13)14/h3-5,8,10,12,16H,6-7H2,1-2H3. The van der Waals surface area contributed by atoms with E-state index in [1.807, 2.05) is 0 Å². The molecular weight excluding hydrogens is 285 g/mol. The van der Waals surface area contributed by atoms with Crippen LogP contribution in [0, 0.1) is 11.7 Å². The highest BCUT2D eigenvalue weighted by Gasteiger charge is 2.27. The van der Waals surface area contributed by atoms with E-state index in [4.69, 9.17) is 4.74 Å². The van der Waals surface area contributed by atoms with Crippen molar-refractivity contribution >= 4 is 15.9 Å². The van der Waals surface area contributed by atoms with Gasteiger partial charge in [-0.2, -0.15) is 0 Å². The molecule has 0 aliphatic carbocycles. The van der Waals surface area contributed by atoms with E-state index in [1.165, 1.54) is 12.1 Å². The summed E-state index contributed by atoms with van der Waals surface area (Å²) in [5.74, 6) is 1.07. The van der Waals surface area contributed by atoms with Gasteiger partial charge in [0.15, 0.2) is 0 Å². The van der Waals surface area contributed by atoms with E-state index in [9.17, 15) is 4.39 Å². The first-order valence-corrected chi connectivity index (χ1v) is 6.70. The SMILES string of the molecule is CC(C)C1CC(Oc2ccc(F)cc2Br)CN1. The van der Waals surface area contributed by atoms with Crippen molar-refractivity contribution in [1.82, 2.24) is 5.32 Å². The Balaban J connectivity index is 1.98. The number of halogens is 2. The fourth-order valence-corrected chi connectivity index (χ4v) is 2.53. The number of ether oxygens (including phenoxy) is 1. The Hall–Kier alpha value is -0.610. The van der Waals surface area contributed by atoms with E-state index < -0.39 is 0 Å². The first-order chi connectivity index (χ1) is 8.06. The second-order valence-corrected chi connectivity index (χ2v) is 5.66. The molecule has 0 aromatic heterocycles. The van der Waals surface area contributed by atoms with Crippen LogP contribution in [0.5, 0.6) is 5.75 Å². The second kappa shape index (κ2) is 5.36. The molecule has 0 radical (unpaired) electrons. The Labute approximate surface area is 110 Å². The summed E-state index contributed by atoms with van der Waals surface area (Å²) in [7, 11) is 0. The molecule has 1 aromatic carbocycles. The molecule has 4 heteroatoms. The van der Waals surface area contributed by atoms with E-state index >= 15 is 0 Å². The van der Waals surface area contributed by atoms with Crippen molar-refractivity contribution in [3.05, 3.63) is 28.5 Å². The van der Waals surface area contributed by atoms with E-state index in [-0.39, 0.29) is 11.9 Å². The predicted molar refractivity (Wildman–Crippen MR) is 69.8 cm³/mol. The molecule has 2 nitrogen and oxygen atoms in total. The van der Waals surface area contributed by atoms with Crippen LogP contribution >= 0.6 is 15.9 Å². The lowest BCUT2D eigenvalue weighted by molar-refractivity contribution is 0.215. The third-order valence-corrected chi connectivity index (χ3v) is 3.74. The van der Waals surface area contributed by atoms with Gasteiger partial charge in [-0.1, -0.05) is 13.8 Å². The lowest BCUT2D eigenvalue weighted by Gasteiger charge is -2.16. The van der Waals surface area contributed by atoms with Gasteiger partial charge in [0, 0.05) is 19.0 Å². The molecule has 1 fully saturated rings. The van der Waals surface area contributed by atoms with Gasteiger partial charge in [0.05, 0.1) is 4.47 Å². The number of benzene rings is 1. The van der Waals surface area contributed by atoms with E-state index in [0.717, 1.165) is 13.0 Å². The maximum Gasteiger partial charge on any atom is 0.134 e. The molecule has 94 valence electrons. The first kappa shape index (κ1) is 12.8. The molecule has 0 spiro atoms. The number of nitrogens with one attached hydrogen (secondary N) is 1. The Morgan fingerprint density at radius 2 is 2.24 bits per heavy atom. The van der Waals surface area contributed by atoms with E-state index in [2.05, 4.69) is 35.1 Å². The third-order valence-electron chi connectivity index (χ3n) is 3.12. The summed E-state index contributed by atoms with van der Waals surface area (Å²) in [6.07, 6.45) is 1.17. The van der Waals surface area contributed by atoms with Crippen LogP contribution in [0.3, 0.4) is 0 Å². The molecule has 1 aliphatic heterocycles. The van der Waals surface area contributed by atoms with Crippen molar-refractivity contribution in [3.63, 3.8) is 0 Å². The van der Waals surface area contributed by atoms with Crippen LogP contribution in [0.15, 0.2) is 22.7 Å². The molecule has 1 saturated heterocycles. The minimum absolute atomic E-state index is 0.171. The summed E-state index contributed by atoms with van der Waals surface area (Å²) >= 11 is 3.31. The zero-order valence-electron chi connectivity index (χ0n) is 10.0. The zero-order valence-corrected chi connectivity index (χ0v) is 11.6. The van der Waals surface area contributed by atoms with Crippen LogP contribution in [0.4, 0.5) is 4.39 Å². The van der Waals surface area contributed by atoms with Gasteiger partial charge in [-0.15, -0.1) is 0 Å². The first-order valence-electron chi connectivity index (χ1n) is 5.91. The van der Waals surface area contributed by atoms with Gasteiger partial charge in [0.25, 0.3) is 0 Å². The molecule has 1 aromatic rings. The summed E-state index contributed by atoms with van der Waals surface area (Å²) in [5, 5.41) is 3.44. The van der Waals surface area contributed by atoms with Crippen LogP contribution < -0.4 is 10.1 Å². The van der Waals surface area contributed by atoms with Crippen molar-refractivity contribution in [2.24, 2.45) is 5.92 Å². The quantitative estimate of drug-likeness (QED) is 0.924. The van der Waals surface area contributed by atoms with E-state index in [1.54, 1.807) is 6.07 Å². The Morgan fingerprint density at radius 1 is 1.47 bits per heavy atom. The summed E-state index contributed by atoms with van der Waals surface area (Å²) in [6.45, 7) is 5.26. The highest BCUT2D eigenvalue weighted by Crippen LogP contribution is 2.28. The van der Waals surface area contributed by atoms with Crippen molar-refractivity contribution in [3.8, 4) is 5.75 Å². The van der Waals surface area contributed by atoms with Gasteiger partial charge in [-0.25, -0.2) is 4.39 Å². The molecule has 1 heterocycles. The molecule has 0 amide bonds. The topological polar surface area (TPSA) is 21.3 Å². The predicted octanol–water partition coefficient (Wildman–Crippen LogP) is 3.35. The van der Waals surface area contributed by atoms with Gasteiger partial charge < -0.3 is 10.1 Å². The van der Waals surface area contributed by atoms with Gasteiger partial charge in [0.1, 0.15) is 17.7 Å². The average Bonchev–Trinajstić information content (AvgIpc) is 2.71. The van der Waals surface area contributed by atoms with Gasteiger partial charge in [-0.05, 0) is 40.0 Å². The third kappa shape index (κ3) is 3.19. The molecule has 1 aliphatic rings. The molecular formula is C13H17BrFNO. The zero-order chi connectivity index (χ0) is 12.4. The fraction of sp³-hybridized carbons (Fsp3) is 0.538. The van der Waals surface area contributed by atoms with Gasteiger partial charge >= 0.3 is 0 Å². The second-order valence-electron chi connectivity index (χ2n) is 4.81.